The van der Waals surface area contributed by atoms with Crippen LogP contribution in [0.25, 0.3) is 0 Å². The predicted octanol–water partition coefficient (Wildman–Crippen LogP) is 1.45. The van der Waals surface area contributed by atoms with E-state index in [-0.39, 0.29) is 21.3 Å². The normalized spacial score (nSPS) is 10.6. The van der Waals surface area contributed by atoms with Crippen LogP contribution in [-0.2, 0) is 14.8 Å². The topological polar surface area (TPSA) is 191 Å². The van der Waals surface area contributed by atoms with Crippen molar-refractivity contribution >= 4 is 56.2 Å². The molecule has 0 heterocycles. The van der Waals surface area contributed by atoms with Crippen molar-refractivity contribution in [3.63, 3.8) is 0 Å². The van der Waals surface area contributed by atoms with Crippen molar-refractivity contribution in [3.05, 3.63) is 68.3 Å². The first-order valence-electron chi connectivity index (χ1n) is 8.08. The lowest BCUT2D eigenvalue weighted by molar-refractivity contribution is -0.394. The van der Waals surface area contributed by atoms with Gasteiger partial charge in [-0.1, -0.05) is 0 Å². The molecule has 0 fully saturated rings. The van der Waals surface area contributed by atoms with E-state index in [1.165, 1.54) is 24.3 Å². The minimum Gasteiger partial charge on any atom is -0.332 e. The number of hydrogen-bond acceptors (Lipinski definition) is 9. The number of anilines is 1. The van der Waals surface area contributed by atoms with E-state index in [1.807, 2.05) is 0 Å². The van der Waals surface area contributed by atoms with Crippen LogP contribution in [0.2, 0.25) is 0 Å². The number of benzene rings is 2. The molecular formula is C16H13N5O8S2. The highest BCUT2D eigenvalue weighted by molar-refractivity contribution is 7.90. The number of hydrogen-bond donors (Lipinski definition) is 3. The van der Waals surface area contributed by atoms with Crippen molar-refractivity contribution in [1.29, 1.82) is 0 Å². The van der Waals surface area contributed by atoms with Gasteiger partial charge in [0, 0.05) is 24.7 Å². The summed E-state index contributed by atoms with van der Waals surface area (Å²) in [6.07, 6.45) is 0. The summed E-state index contributed by atoms with van der Waals surface area (Å²) >= 11 is 4.96. The average molecular weight is 467 g/mol. The van der Waals surface area contributed by atoms with Crippen molar-refractivity contribution < 1.29 is 27.9 Å². The minimum absolute atomic E-state index is 0.188. The summed E-state index contributed by atoms with van der Waals surface area (Å²) in [4.78, 5) is 43.1. The zero-order chi connectivity index (χ0) is 23.3. The Morgan fingerprint density at radius 2 is 1.48 bits per heavy atom. The van der Waals surface area contributed by atoms with Gasteiger partial charge >= 0.3 is 0 Å². The van der Waals surface area contributed by atoms with Gasteiger partial charge in [0.05, 0.1) is 26.4 Å². The number of carbonyl (C=O) groups excluding carboxylic acids is 2. The molecule has 0 aliphatic rings. The van der Waals surface area contributed by atoms with Crippen LogP contribution < -0.4 is 15.4 Å². The molecule has 15 heteroatoms. The van der Waals surface area contributed by atoms with Crippen LogP contribution >= 0.6 is 12.2 Å². The maximum atomic E-state index is 12.3. The van der Waals surface area contributed by atoms with Crippen LogP contribution in [0, 0.1) is 20.2 Å². The number of nitrogens with zero attached hydrogens (tertiary/aromatic N) is 2. The molecule has 162 valence electrons. The van der Waals surface area contributed by atoms with Crippen molar-refractivity contribution in [2.24, 2.45) is 0 Å². The molecule has 2 amide bonds. The van der Waals surface area contributed by atoms with E-state index >= 15 is 0 Å². The molecule has 3 N–H and O–H groups in total. The van der Waals surface area contributed by atoms with Crippen LogP contribution in [0.15, 0.2) is 47.4 Å². The van der Waals surface area contributed by atoms with Gasteiger partial charge in [0.25, 0.3) is 27.3 Å². The second kappa shape index (κ2) is 9.23. The fraction of sp³-hybridized carbons (Fsp3) is 0.0625. The minimum atomic E-state index is -4.02. The molecule has 0 bridgehead atoms. The van der Waals surface area contributed by atoms with Gasteiger partial charge in [-0.25, -0.2) is 13.1 Å². The fourth-order valence-corrected chi connectivity index (χ4v) is 3.44. The lowest BCUT2D eigenvalue weighted by Crippen LogP contribution is -2.34. The Kier molecular flexibility index (Phi) is 6.93. The Morgan fingerprint density at radius 3 is 1.94 bits per heavy atom. The lowest BCUT2D eigenvalue weighted by atomic mass is 10.1. The summed E-state index contributed by atoms with van der Waals surface area (Å²) in [5.74, 6) is -1.69. The third-order valence-corrected chi connectivity index (χ3v) is 5.17. The number of nitro benzene ring substituents is 2. The molecule has 2 aromatic carbocycles. The highest BCUT2D eigenvalue weighted by atomic mass is 32.2. The third kappa shape index (κ3) is 6.25. The zero-order valence-electron chi connectivity index (χ0n) is 15.5. The lowest BCUT2D eigenvalue weighted by Gasteiger charge is -2.10. The first-order valence-corrected chi connectivity index (χ1v) is 9.98. The molecule has 31 heavy (non-hydrogen) atoms. The molecule has 13 nitrogen and oxygen atoms in total. The van der Waals surface area contributed by atoms with Crippen molar-refractivity contribution in [3.8, 4) is 0 Å². The number of nitrogens with one attached hydrogen (secondary N) is 3. The van der Waals surface area contributed by atoms with Crippen molar-refractivity contribution in [2.75, 3.05) is 5.32 Å². The number of rotatable bonds is 6. The Bertz CT molecular complexity index is 1160. The molecular weight excluding hydrogens is 454 g/mol. The maximum absolute atomic E-state index is 12.3. The van der Waals surface area contributed by atoms with Crippen LogP contribution in [0.4, 0.5) is 17.1 Å². The molecule has 0 aliphatic carbocycles. The zero-order valence-corrected chi connectivity index (χ0v) is 17.2. The number of sulfonamides is 1. The Labute approximate surface area is 179 Å². The van der Waals surface area contributed by atoms with E-state index in [0.29, 0.717) is 6.07 Å². The number of thiocarbonyl (C=S) groups is 1. The molecule has 0 unspecified atom stereocenters. The number of amides is 2. The molecule has 0 spiro atoms. The molecule has 0 saturated heterocycles. The quantitative estimate of drug-likeness (QED) is 0.318. The molecule has 0 radical (unpaired) electrons. The fourth-order valence-electron chi connectivity index (χ4n) is 2.24. The third-order valence-electron chi connectivity index (χ3n) is 3.51. The Hall–Kier alpha value is -3.98. The largest absolute Gasteiger partial charge is 0.332 e. The predicted molar refractivity (Wildman–Crippen MR) is 111 cm³/mol. The summed E-state index contributed by atoms with van der Waals surface area (Å²) in [6, 6.07) is 7.41. The van der Waals surface area contributed by atoms with Gasteiger partial charge in [0.2, 0.25) is 5.91 Å². The van der Waals surface area contributed by atoms with Gasteiger partial charge in [-0.3, -0.25) is 35.1 Å². The molecule has 2 rings (SSSR count). The van der Waals surface area contributed by atoms with Gasteiger partial charge in [0.15, 0.2) is 5.11 Å². The highest BCUT2D eigenvalue weighted by Crippen LogP contribution is 2.22. The molecule has 0 atom stereocenters. The van der Waals surface area contributed by atoms with E-state index in [9.17, 15) is 38.2 Å². The summed E-state index contributed by atoms with van der Waals surface area (Å²) in [5, 5.41) is 26.4. The Morgan fingerprint density at radius 1 is 0.968 bits per heavy atom. The van der Waals surface area contributed by atoms with Crippen molar-refractivity contribution in [2.45, 2.75) is 11.8 Å². The van der Waals surface area contributed by atoms with Crippen LogP contribution in [0.1, 0.15) is 17.3 Å². The van der Waals surface area contributed by atoms with Crippen LogP contribution in [0.5, 0.6) is 0 Å². The van der Waals surface area contributed by atoms with E-state index in [0.717, 1.165) is 19.1 Å². The summed E-state index contributed by atoms with van der Waals surface area (Å²) in [5.41, 5.74) is -1.37. The first kappa shape index (κ1) is 23.3. The molecule has 0 saturated carbocycles. The van der Waals surface area contributed by atoms with Gasteiger partial charge in [0.1, 0.15) is 0 Å². The van der Waals surface area contributed by atoms with E-state index in [2.05, 4.69) is 10.6 Å². The maximum Gasteiger partial charge on any atom is 0.277 e. The summed E-state index contributed by atoms with van der Waals surface area (Å²) < 4.78 is 25.6. The second-order valence-electron chi connectivity index (χ2n) is 5.85. The van der Waals surface area contributed by atoms with Crippen LogP contribution in [-0.4, -0.2) is 35.2 Å². The first-order chi connectivity index (χ1) is 14.4. The van der Waals surface area contributed by atoms with Gasteiger partial charge in [-0.05, 0) is 36.5 Å². The van der Waals surface area contributed by atoms with Gasteiger partial charge in [-0.2, -0.15) is 0 Å². The number of non-ortho nitro benzene ring substituents is 2. The standard InChI is InChI=1S/C16H13N5O8S2/c1-9(22)19-31(28,29)14-4-2-11(3-5-14)17-16(30)18-15(23)10-6-12(20(24)25)8-13(7-10)21(26)27/h2-8H,1H3,(H,19,22)(H2,17,18,23,30). The Balaban J connectivity index is 2.13. The van der Waals surface area contributed by atoms with Crippen LogP contribution in [0.3, 0.4) is 0 Å². The second-order valence-corrected chi connectivity index (χ2v) is 7.94. The highest BCUT2D eigenvalue weighted by Gasteiger charge is 2.20. The van der Waals surface area contributed by atoms with E-state index in [4.69, 9.17) is 12.2 Å². The number of nitro groups is 2. The average Bonchev–Trinajstić information content (AvgIpc) is 2.66. The smallest absolute Gasteiger partial charge is 0.277 e. The SMILES string of the molecule is CC(=O)NS(=O)(=O)c1ccc(NC(=S)NC(=O)c2cc([N+](=O)[O-])cc([N+](=O)[O-])c2)cc1. The summed E-state index contributed by atoms with van der Waals surface area (Å²) in [7, 11) is -4.02. The van der Waals surface area contributed by atoms with Gasteiger partial charge in [-0.15, -0.1) is 0 Å². The molecule has 0 aliphatic heterocycles. The van der Waals surface area contributed by atoms with E-state index < -0.39 is 43.1 Å². The monoisotopic (exact) mass is 467 g/mol. The molecule has 0 aromatic heterocycles. The molecule has 2 aromatic rings. The van der Waals surface area contributed by atoms with E-state index in [1.54, 1.807) is 4.72 Å². The van der Waals surface area contributed by atoms with Gasteiger partial charge < -0.3 is 5.32 Å². The number of carbonyl (C=O) groups is 2. The van der Waals surface area contributed by atoms with Crippen molar-refractivity contribution in [1.82, 2.24) is 10.0 Å². The summed E-state index contributed by atoms with van der Waals surface area (Å²) in [6.45, 7) is 1.05.